The van der Waals surface area contributed by atoms with Gasteiger partial charge >= 0.3 is 11.9 Å². The van der Waals surface area contributed by atoms with Gasteiger partial charge in [0.15, 0.2) is 6.10 Å². The number of carbonyl (C=O) groups is 2. The van der Waals surface area contributed by atoms with Gasteiger partial charge < -0.3 is 27.9 Å². The third-order valence-corrected chi connectivity index (χ3v) is 8.61. The van der Waals surface area contributed by atoms with Gasteiger partial charge in [-0.3, -0.25) is 14.2 Å². The van der Waals surface area contributed by atoms with Gasteiger partial charge in [-0.15, -0.1) is 0 Å². The molecule has 10 heteroatoms. The summed E-state index contributed by atoms with van der Waals surface area (Å²) in [5, 5.41) is 0. The van der Waals surface area contributed by atoms with Crippen LogP contribution >= 0.6 is 7.82 Å². The van der Waals surface area contributed by atoms with E-state index in [9.17, 15) is 19.0 Å². The first kappa shape index (κ1) is 50.2. The van der Waals surface area contributed by atoms with E-state index in [2.05, 4.69) is 86.8 Å². The lowest BCUT2D eigenvalue weighted by molar-refractivity contribution is -0.870. The second kappa shape index (κ2) is 34.9. The molecule has 2 unspecified atom stereocenters. The Labute approximate surface area is 322 Å². The van der Waals surface area contributed by atoms with Crippen molar-refractivity contribution in [3.8, 4) is 0 Å². The summed E-state index contributed by atoms with van der Waals surface area (Å²) in [7, 11) is 1.10. The number of rotatable bonds is 34. The molecular weight excluding hydrogens is 689 g/mol. The largest absolute Gasteiger partial charge is 0.756 e. The van der Waals surface area contributed by atoms with Gasteiger partial charge in [0.2, 0.25) is 0 Å². The summed E-state index contributed by atoms with van der Waals surface area (Å²) in [4.78, 5) is 37.3. The van der Waals surface area contributed by atoms with Gasteiger partial charge in [-0.1, -0.05) is 125 Å². The standard InChI is InChI=1S/C43H72NO8P/c1-6-8-10-12-14-16-18-19-20-21-22-23-24-25-26-28-30-32-34-36-43(46)52-41(40-51-53(47,48)50-38-37-44(3,4)5)39-49-42(45)35-33-31-29-27-17-15-13-11-9-7-2/h8,10-11,13-14,16,19-20,22-23,25-26,30,32,41H,6-7,9,12,15,17-18,21,24,27-29,31,33-40H2,1-5H3/b10-8-,13-11-,16-14-,20-19-,23-22-,26-25-,32-30-. The van der Waals surface area contributed by atoms with E-state index >= 15 is 0 Å². The lowest BCUT2D eigenvalue weighted by atomic mass is 10.1. The Kier molecular flexibility index (Phi) is 33.1. The van der Waals surface area contributed by atoms with E-state index in [0.29, 0.717) is 23.9 Å². The van der Waals surface area contributed by atoms with Crippen LogP contribution < -0.4 is 4.89 Å². The molecule has 0 N–H and O–H groups in total. The van der Waals surface area contributed by atoms with Crippen LogP contribution in [0.4, 0.5) is 0 Å². The van der Waals surface area contributed by atoms with E-state index in [0.717, 1.165) is 77.0 Å². The van der Waals surface area contributed by atoms with Crippen molar-refractivity contribution in [2.75, 3.05) is 47.5 Å². The van der Waals surface area contributed by atoms with E-state index in [-0.39, 0.29) is 26.1 Å². The van der Waals surface area contributed by atoms with Gasteiger partial charge in [0.1, 0.15) is 19.8 Å². The van der Waals surface area contributed by atoms with Gasteiger partial charge in [0.05, 0.1) is 27.7 Å². The molecule has 0 aromatic rings. The fraction of sp³-hybridized carbons (Fsp3) is 0.628. The highest BCUT2D eigenvalue weighted by atomic mass is 31.2. The molecular formula is C43H72NO8P. The monoisotopic (exact) mass is 761 g/mol. The number of hydrogen-bond acceptors (Lipinski definition) is 8. The molecule has 53 heavy (non-hydrogen) atoms. The van der Waals surface area contributed by atoms with Crippen LogP contribution in [0.3, 0.4) is 0 Å². The molecule has 2 atom stereocenters. The van der Waals surface area contributed by atoms with Crippen LogP contribution in [0.5, 0.6) is 0 Å². The van der Waals surface area contributed by atoms with Crippen molar-refractivity contribution in [2.45, 2.75) is 129 Å². The predicted molar refractivity (Wildman–Crippen MR) is 217 cm³/mol. The minimum atomic E-state index is -4.65. The summed E-state index contributed by atoms with van der Waals surface area (Å²) in [6.07, 6.45) is 43.5. The predicted octanol–water partition coefficient (Wildman–Crippen LogP) is 10.2. The van der Waals surface area contributed by atoms with Crippen molar-refractivity contribution in [2.24, 2.45) is 0 Å². The van der Waals surface area contributed by atoms with Crippen LogP contribution in [-0.4, -0.2) is 70.0 Å². The normalized spacial score (nSPS) is 14.6. The fourth-order valence-corrected chi connectivity index (χ4v) is 5.29. The molecule has 0 spiro atoms. The number of quaternary nitrogens is 1. The Morgan fingerprint density at radius 2 is 1.11 bits per heavy atom. The summed E-state index contributed by atoms with van der Waals surface area (Å²) < 4.78 is 33.6. The smallest absolute Gasteiger partial charge is 0.306 e. The number of esters is 2. The Bertz CT molecular complexity index is 1180. The van der Waals surface area contributed by atoms with Crippen molar-refractivity contribution in [3.63, 3.8) is 0 Å². The maximum atomic E-state index is 12.6. The van der Waals surface area contributed by atoms with Crippen LogP contribution in [0.2, 0.25) is 0 Å². The third kappa shape index (κ3) is 38.7. The Balaban J connectivity index is 4.57. The molecule has 0 bridgehead atoms. The molecule has 0 saturated heterocycles. The number of unbranched alkanes of at least 4 members (excludes halogenated alkanes) is 6. The van der Waals surface area contributed by atoms with Gasteiger partial charge in [0, 0.05) is 12.8 Å². The van der Waals surface area contributed by atoms with Gasteiger partial charge in [0.25, 0.3) is 7.82 Å². The number of hydrogen-bond donors (Lipinski definition) is 0. The number of nitrogens with zero attached hydrogens (tertiary/aromatic N) is 1. The highest BCUT2D eigenvalue weighted by Crippen LogP contribution is 2.38. The van der Waals surface area contributed by atoms with Crippen LogP contribution in [0.25, 0.3) is 0 Å². The fourth-order valence-electron chi connectivity index (χ4n) is 4.56. The van der Waals surface area contributed by atoms with Crippen molar-refractivity contribution < 1.29 is 42.1 Å². The number of ether oxygens (including phenoxy) is 2. The Morgan fingerprint density at radius 1 is 0.604 bits per heavy atom. The zero-order valence-electron chi connectivity index (χ0n) is 33.7. The molecule has 0 radical (unpaired) electrons. The number of allylic oxidation sites excluding steroid dienone is 14. The molecule has 0 aromatic heterocycles. The van der Waals surface area contributed by atoms with Gasteiger partial charge in [-0.2, -0.15) is 0 Å². The molecule has 0 amide bonds. The van der Waals surface area contributed by atoms with Crippen LogP contribution in [0.1, 0.15) is 123 Å². The first-order valence-corrected chi connectivity index (χ1v) is 21.3. The highest BCUT2D eigenvalue weighted by molar-refractivity contribution is 7.45. The summed E-state index contributed by atoms with van der Waals surface area (Å²) in [6, 6.07) is 0. The van der Waals surface area contributed by atoms with E-state index in [1.807, 2.05) is 33.3 Å². The molecule has 302 valence electrons. The molecule has 9 nitrogen and oxygen atoms in total. The number of phosphoric ester groups is 1. The molecule has 0 heterocycles. The zero-order chi connectivity index (χ0) is 39.3. The second-order valence-corrected chi connectivity index (χ2v) is 15.3. The molecule has 0 fully saturated rings. The Morgan fingerprint density at radius 3 is 1.68 bits per heavy atom. The maximum absolute atomic E-state index is 12.6. The SMILES string of the molecule is CC/C=C\C/C=C\C/C=C\C/C=C\C/C=C\C/C=C\CCC(=O)OC(COC(=O)CCCCCCC/C=C\CCC)COP(=O)([O-])OCC[N+](C)(C)C. The summed E-state index contributed by atoms with van der Waals surface area (Å²) in [5.74, 6) is -0.957. The topological polar surface area (TPSA) is 111 Å². The summed E-state index contributed by atoms with van der Waals surface area (Å²) in [5.41, 5.74) is 0. The second-order valence-electron chi connectivity index (χ2n) is 13.9. The summed E-state index contributed by atoms with van der Waals surface area (Å²) in [6.45, 7) is 3.91. The van der Waals surface area contributed by atoms with Crippen molar-refractivity contribution in [3.05, 3.63) is 85.1 Å². The molecule has 0 saturated carbocycles. The van der Waals surface area contributed by atoms with Crippen LogP contribution in [0.15, 0.2) is 85.1 Å². The zero-order valence-corrected chi connectivity index (χ0v) is 34.6. The molecule has 0 aromatic carbocycles. The van der Waals surface area contributed by atoms with E-state index in [4.69, 9.17) is 18.5 Å². The lowest BCUT2D eigenvalue weighted by Crippen LogP contribution is -2.37. The number of likely N-dealkylation sites (N-methyl/N-ethyl adjacent to an activating group) is 1. The molecule has 0 aliphatic carbocycles. The first-order valence-electron chi connectivity index (χ1n) is 19.8. The van der Waals surface area contributed by atoms with Crippen LogP contribution in [0, 0.1) is 0 Å². The third-order valence-electron chi connectivity index (χ3n) is 7.64. The quantitative estimate of drug-likeness (QED) is 0.0210. The van der Waals surface area contributed by atoms with Crippen molar-refractivity contribution >= 4 is 19.8 Å². The average molecular weight is 762 g/mol. The number of phosphoric acid groups is 1. The summed E-state index contributed by atoms with van der Waals surface area (Å²) >= 11 is 0. The molecule has 0 aliphatic rings. The van der Waals surface area contributed by atoms with Gasteiger partial charge in [-0.05, 0) is 70.6 Å². The first-order chi connectivity index (χ1) is 25.5. The van der Waals surface area contributed by atoms with Gasteiger partial charge in [-0.25, -0.2) is 0 Å². The molecule has 0 rings (SSSR count). The molecule has 0 aliphatic heterocycles. The average Bonchev–Trinajstić information content (AvgIpc) is 3.10. The minimum Gasteiger partial charge on any atom is -0.756 e. The van der Waals surface area contributed by atoms with Crippen molar-refractivity contribution in [1.29, 1.82) is 0 Å². The van der Waals surface area contributed by atoms with Crippen LogP contribution in [-0.2, 0) is 32.7 Å². The van der Waals surface area contributed by atoms with E-state index in [1.165, 1.54) is 6.42 Å². The lowest BCUT2D eigenvalue weighted by Gasteiger charge is -2.28. The van der Waals surface area contributed by atoms with Crippen molar-refractivity contribution in [1.82, 2.24) is 0 Å². The minimum absolute atomic E-state index is 0.0504. The maximum Gasteiger partial charge on any atom is 0.306 e. The van der Waals surface area contributed by atoms with E-state index in [1.54, 1.807) is 0 Å². The Hall–Kier alpha value is -2.81. The highest BCUT2D eigenvalue weighted by Gasteiger charge is 2.21. The van der Waals surface area contributed by atoms with E-state index < -0.39 is 32.5 Å². The number of carbonyl (C=O) groups excluding carboxylic acids is 2.